The first-order valence-corrected chi connectivity index (χ1v) is 8.60. The van der Waals surface area contributed by atoms with Crippen molar-refractivity contribution in [1.82, 2.24) is 0 Å². The molecule has 138 valence electrons. The molecule has 0 bridgehead atoms. The van der Waals surface area contributed by atoms with Gasteiger partial charge < -0.3 is 14.8 Å². The van der Waals surface area contributed by atoms with Crippen LogP contribution in [0.1, 0.15) is 10.4 Å². The van der Waals surface area contributed by atoms with Crippen LogP contribution in [0.4, 0.5) is 10.1 Å². The highest BCUT2D eigenvalue weighted by Gasteiger charge is 2.17. The van der Waals surface area contributed by atoms with Gasteiger partial charge in [0.15, 0.2) is 11.6 Å². The third kappa shape index (κ3) is 4.51. The molecule has 0 aliphatic carbocycles. The van der Waals surface area contributed by atoms with Gasteiger partial charge in [0.2, 0.25) is 0 Å². The monoisotopic (exact) mass is 405 g/mol. The SMILES string of the molecule is COc1ccc(Oc2cc(Cl)c(Cl)cc2C(=O)Nc2ccccc2)cc1F. The van der Waals surface area contributed by atoms with E-state index < -0.39 is 11.7 Å². The number of rotatable bonds is 5. The van der Waals surface area contributed by atoms with E-state index in [0.717, 1.165) is 6.07 Å². The molecule has 0 spiro atoms. The third-order valence-electron chi connectivity index (χ3n) is 3.65. The zero-order chi connectivity index (χ0) is 19.4. The molecule has 3 aromatic rings. The molecule has 0 atom stereocenters. The lowest BCUT2D eigenvalue weighted by atomic mass is 10.1. The predicted molar refractivity (Wildman–Crippen MR) is 104 cm³/mol. The molecule has 0 fully saturated rings. The minimum absolute atomic E-state index is 0.0820. The summed E-state index contributed by atoms with van der Waals surface area (Å²) in [6, 6.07) is 15.8. The molecule has 0 unspecified atom stereocenters. The second-order valence-electron chi connectivity index (χ2n) is 5.48. The topological polar surface area (TPSA) is 47.6 Å². The fourth-order valence-corrected chi connectivity index (χ4v) is 2.67. The maximum Gasteiger partial charge on any atom is 0.259 e. The quantitative estimate of drug-likeness (QED) is 0.550. The molecule has 0 heterocycles. The highest BCUT2D eigenvalue weighted by atomic mass is 35.5. The molecule has 0 radical (unpaired) electrons. The summed E-state index contributed by atoms with van der Waals surface area (Å²) in [6.45, 7) is 0. The number of para-hydroxylation sites is 1. The maximum absolute atomic E-state index is 13.9. The standard InChI is InChI=1S/C20H14Cl2FNO3/c1-26-18-8-7-13(9-17(18)23)27-19-11-16(22)15(21)10-14(19)20(25)24-12-5-3-2-4-6-12/h2-11H,1H3,(H,24,25). The number of carbonyl (C=O) groups is 1. The molecule has 0 saturated carbocycles. The van der Waals surface area contributed by atoms with Gasteiger partial charge in [-0.15, -0.1) is 0 Å². The smallest absolute Gasteiger partial charge is 0.259 e. The number of nitrogens with one attached hydrogen (secondary N) is 1. The Bertz CT molecular complexity index is 980. The predicted octanol–water partition coefficient (Wildman–Crippen LogP) is 6.19. The van der Waals surface area contributed by atoms with Gasteiger partial charge in [-0.1, -0.05) is 41.4 Å². The molecule has 27 heavy (non-hydrogen) atoms. The van der Waals surface area contributed by atoms with Crippen LogP contribution in [0.5, 0.6) is 17.2 Å². The minimum Gasteiger partial charge on any atom is -0.494 e. The summed E-state index contributed by atoms with van der Waals surface area (Å²) >= 11 is 12.1. The van der Waals surface area contributed by atoms with E-state index in [-0.39, 0.29) is 32.9 Å². The van der Waals surface area contributed by atoms with Crippen LogP contribution < -0.4 is 14.8 Å². The maximum atomic E-state index is 13.9. The van der Waals surface area contributed by atoms with E-state index in [4.69, 9.17) is 32.7 Å². The number of hydrogen-bond donors (Lipinski definition) is 1. The molecular formula is C20H14Cl2FNO3. The molecule has 0 saturated heterocycles. The van der Waals surface area contributed by atoms with Crippen LogP contribution in [0.3, 0.4) is 0 Å². The van der Waals surface area contributed by atoms with Crippen molar-refractivity contribution in [2.75, 3.05) is 12.4 Å². The summed E-state index contributed by atoms with van der Waals surface area (Å²) in [6.07, 6.45) is 0. The number of ether oxygens (including phenoxy) is 2. The third-order valence-corrected chi connectivity index (χ3v) is 4.37. The molecule has 4 nitrogen and oxygen atoms in total. The summed E-state index contributed by atoms with van der Waals surface area (Å²) in [7, 11) is 1.37. The normalized spacial score (nSPS) is 10.4. The van der Waals surface area contributed by atoms with Gasteiger partial charge >= 0.3 is 0 Å². The first-order valence-electron chi connectivity index (χ1n) is 7.85. The summed E-state index contributed by atoms with van der Waals surface area (Å²) in [5, 5.41) is 3.15. The van der Waals surface area contributed by atoms with Crippen molar-refractivity contribution < 1.29 is 18.7 Å². The summed E-state index contributed by atoms with van der Waals surface area (Å²) in [5.74, 6) is -0.629. The van der Waals surface area contributed by atoms with E-state index >= 15 is 0 Å². The first kappa shape index (κ1) is 19.0. The van der Waals surface area contributed by atoms with Crippen molar-refractivity contribution in [2.45, 2.75) is 0 Å². The lowest BCUT2D eigenvalue weighted by Crippen LogP contribution is -2.13. The van der Waals surface area contributed by atoms with Gasteiger partial charge in [0, 0.05) is 17.8 Å². The van der Waals surface area contributed by atoms with Crippen LogP contribution in [0, 0.1) is 5.82 Å². The molecule has 1 amide bonds. The second kappa shape index (κ2) is 8.29. The Balaban J connectivity index is 1.93. The number of amides is 1. The van der Waals surface area contributed by atoms with Crippen LogP contribution in [0.25, 0.3) is 0 Å². The van der Waals surface area contributed by atoms with E-state index in [1.165, 1.54) is 31.4 Å². The largest absolute Gasteiger partial charge is 0.494 e. The van der Waals surface area contributed by atoms with Gasteiger partial charge in [0.05, 0.1) is 22.7 Å². The number of benzene rings is 3. The van der Waals surface area contributed by atoms with Gasteiger partial charge in [-0.25, -0.2) is 4.39 Å². The van der Waals surface area contributed by atoms with Crippen LogP contribution in [-0.2, 0) is 0 Å². The Morgan fingerprint density at radius 3 is 2.33 bits per heavy atom. The number of methoxy groups -OCH3 is 1. The van der Waals surface area contributed by atoms with Crippen LogP contribution >= 0.6 is 23.2 Å². The second-order valence-corrected chi connectivity index (χ2v) is 6.30. The lowest BCUT2D eigenvalue weighted by Gasteiger charge is -2.13. The number of carbonyl (C=O) groups excluding carboxylic acids is 1. The average molecular weight is 406 g/mol. The lowest BCUT2D eigenvalue weighted by molar-refractivity contribution is 0.102. The summed E-state index contributed by atoms with van der Waals surface area (Å²) in [4.78, 5) is 12.7. The van der Waals surface area contributed by atoms with E-state index in [2.05, 4.69) is 5.32 Å². The Morgan fingerprint density at radius 2 is 1.67 bits per heavy atom. The van der Waals surface area contributed by atoms with Gasteiger partial charge in [0.25, 0.3) is 5.91 Å². The van der Waals surface area contributed by atoms with Crippen LogP contribution in [0.15, 0.2) is 60.7 Å². The molecular weight excluding hydrogens is 392 g/mol. The highest BCUT2D eigenvalue weighted by molar-refractivity contribution is 6.42. The van der Waals surface area contributed by atoms with Crippen molar-refractivity contribution in [3.63, 3.8) is 0 Å². The average Bonchev–Trinajstić information content (AvgIpc) is 2.65. The number of hydrogen-bond acceptors (Lipinski definition) is 3. The Hall–Kier alpha value is -2.76. The fourth-order valence-electron chi connectivity index (χ4n) is 2.35. The summed E-state index contributed by atoms with van der Waals surface area (Å²) in [5.41, 5.74) is 0.763. The molecule has 7 heteroatoms. The number of anilines is 1. The molecule has 0 aromatic heterocycles. The fraction of sp³-hybridized carbons (Fsp3) is 0.0500. The Labute approximate surface area is 165 Å². The molecule has 0 aliphatic heterocycles. The highest BCUT2D eigenvalue weighted by Crippen LogP contribution is 2.35. The van der Waals surface area contributed by atoms with Crippen molar-refractivity contribution in [3.8, 4) is 17.2 Å². The molecule has 0 aliphatic rings. The minimum atomic E-state index is -0.592. The first-order chi connectivity index (χ1) is 13.0. The molecule has 3 rings (SSSR count). The van der Waals surface area contributed by atoms with E-state index in [1.54, 1.807) is 24.3 Å². The Morgan fingerprint density at radius 1 is 0.963 bits per heavy atom. The molecule has 1 N–H and O–H groups in total. The number of halogens is 3. The van der Waals surface area contributed by atoms with E-state index in [1.807, 2.05) is 6.07 Å². The summed E-state index contributed by atoms with van der Waals surface area (Å²) < 4.78 is 24.5. The van der Waals surface area contributed by atoms with Gasteiger partial charge in [-0.05, 0) is 30.3 Å². The van der Waals surface area contributed by atoms with E-state index in [0.29, 0.717) is 5.69 Å². The van der Waals surface area contributed by atoms with E-state index in [9.17, 15) is 9.18 Å². The van der Waals surface area contributed by atoms with Crippen molar-refractivity contribution >= 4 is 34.8 Å². The van der Waals surface area contributed by atoms with Crippen LogP contribution in [0.2, 0.25) is 10.0 Å². The van der Waals surface area contributed by atoms with Crippen molar-refractivity contribution in [1.29, 1.82) is 0 Å². The zero-order valence-electron chi connectivity index (χ0n) is 14.1. The van der Waals surface area contributed by atoms with Gasteiger partial charge in [-0.3, -0.25) is 4.79 Å². The Kier molecular flexibility index (Phi) is 5.84. The zero-order valence-corrected chi connectivity index (χ0v) is 15.6. The van der Waals surface area contributed by atoms with Gasteiger partial charge in [0.1, 0.15) is 11.5 Å². The van der Waals surface area contributed by atoms with Crippen LogP contribution in [-0.4, -0.2) is 13.0 Å². The van der Waals surface area contributed by atoms with Crippen molar-refractivity contribution in [3.05, 3.63) is 82.1 Å². The van der Waals surface area contributed by atoms with Gasteiger partial charge in [-0.2, -0.15) is 0 Å². The van der Waals surface area contributed by atoms with Crippen molar-refractivity contribution in [2.24, 2.45) is 0 Å². The molecule has 3 aromatic carbocycles.